The molecule has 5 rings (SSSR count). The third-order valence-electron chi connectivity index (χ3n) is 10.2. The van der Waals surface area contributed by atoms with E-state index in [9.17, 15) is 26.8 Å². The van der Waals surface area contributed by atoms with Gasteiger partial charge in [0, 0.05) is 70.3 Å². The molecule has 2 aromatic rings. The van der Waals surface area contributed by atoms with Gasteiger partial charge in [-0.25, -0.2) is 31.1 Å². The topological polar surface area (TPSA) is 97.1 Å². The van der Waals surface area contributed by atoms with E-state index in [2.05, 4.69) is 4.90 Å². The molecule has 3 aliphatic rings. The average molecular weight is 680 g/mol. The molecule has 0 saturated carbocycles. The second-order valence-corrected chi connectivity index (χ2v) is 16.7. The van der Waals surface area contributed by atoms with E-state index >= 15 is 0 Å². The lowest BCUT2D eigenvalue weighted by Gasteiger charge is -2.37. The Bertz CT molecular complexity index is 1510. The Morgan fingerprint density at radius 2 is 1.53 bits per heavy atom. The molecule has 0 unspecified atom stereocenters. The van der Waals surface area contributed by atoms with Gasteiger partial charge < -0.3 is 14.5 Å². The molecular formula is C34H51F2N5O5S. The quantitative estimate of drug-likeness (QED) is 0.368. The summed E-state index contributed by atoms with van der Waals surface area (Å²) in [5, 5.41) is 0. The number of nitrogens with zero attached hydrogens (tertiary/aromatic N) is 5. The predicted molar refractivity (Wildman–Crippen MR) is 177 cm³/mol. The van der Waals surface area contributed by atoms with Crippen LogP contribution in [-0.2, 0) is 21.3 Å². The highest BCUT2D eigenvalue weighted by Gasteiger charge is 2.33. The van der Waals surface area contributed by atoms with E-state index in [4.69, 9.17) is 4.74 Å². The SMILES string of the molecule is CC(C)(C)OC(=O)N1CCC(Cn2ccn(C3CCN(CC[C@@H](c4cc(F)cc(F)c4)C4CCN(S(C)(=O)=O)CC4)CC3)c2=O)CC1. The highest BCUT2D eigenvalue weighted by Crippen LogP contribution is 2.37. The van der Waals surface area contributed by atoms with Crippen molar-refractivity contribution in [1.29, 1.82) is 0 Å². The zero-order valence-corrected chi connectivity index (χ0v) is 29.1. The van der Waals surface area contributed by atoms with Crippen LogP contribution in [-0.4, -0.2) is 95.4 Å². The smallest absolute Gasteiger partial charge is 0.410 e. The van der Waals surface area contributed by atoms with Crippen LogP contribution in [0.1, 0.15) is 83.2 Å². The molecular weight excluding hydrogens is 628 g/mol. The summed E-state index contributed by atoms with van der Waals surface area (Å²) in [5.41, 5.74) is 0.123. The van der Waals surface area contributed by atoms with Gasteiger partial charge in [0.25, 0.3) is 0 Å². The van der Waals surface area contributed by atoms with Crippen LogP contribution in [0.3, 0.4) is 0 Å². The van der Waals surface area contributed by atoms with Gasteiger partial charge >= 0.3 is 11.8 Å². The second kappa shape index (κ2) is 14.8. The van der Waals surface area contributed by atoms with Crippen molar-refractivity contribution in [2.75, 3.05) is 52.1 Å². The summed E-state index contributed by atoms with van der Waals surface area (Å²) in [7, 11) is -3.27. The molecule has 1 aromatic heterocycles. The fourth-order valence-corrected chi connectivity index (χ4v) is 8.44. The lowest BCUT2D eigenvalue weighted by Crippen LogP contribution is -2.43. The van der Waals surface area contributed by atoms with E-state index in [1.54, 1.807) is 9.47 Å². The highest BCUT2D eigenvalue weighted by molar-refractivity contribution is 7.88. The number of halogens is 2. The lowest BCUT2D eigenvalue weighted by molar-refractivity contribution is 0.0177. The van der Waals surface area contributed by atoms with Crippen LogP contribution >= 0.6 is 0 Å². The number of hydrogen-bond donors (Lipinski definition) is 0. The molecule has 3 saturated heterocycles. The second-order valence-electron chi connectivity index (χ2n) is 14.7. The van der Waals surface area contributed by atoms with Gasteiger partial charge in [0.05, 0.1) is 6.26 Å². The van der Waals surface area contributed by atoms with E-state index < -0.39 is 27.3 Å². The van der Waals surface area contributed by atoms with Gasteiger partial charge in [-0.2, -0.15) is 0 Å². The number of carbonyl (C=O) groups excluding carboxylic acids is 1. The number of piperidine rings is 3. The molecule has 3 aliphatic heterocycles. The van der Waals surface area contributed by atoms with E-state index in [1.165, 1.54) is 22.7 Å². The summed E-state index contributed by atoms with van der Waals surface area (Å²) in [4.78, 5) is 29.9. The molecule has 3 fully saturated rings. The Hall–Kier alpha value is -2.77. The fourth-order valence-electron chi connectivity index (χ4n) is 7.56. The van der Waals surface area contributed by atoms with Crippen molar-refractivity contribution in [2.24, 2.45) is 11.8 Å². The van der Waals surface area contributed by atoms with Gasteiger partial charge in [0.2, 0.25) is 10.0 Å². The van der Waals surface area contributed by atoms with E-state index in [0.29, 0.717) is 57.0 Å². The average Bonchev–Trinajstić information content (AvgIpc) is 3.36. The van der Waals surface area contributed by atoms with Crippen molar-refractivity contribution < 1.29 is 26.7 Å². The van der Waals surface area contributed by atoms with Crippen LogP contribution in [0.25, 0.3) is 0 Å². The first-order chi connectivity index (χ1) is 22.2. The van der Waals surface area contributed by atoms with Gasteiger partial charge in [-0.05, 0) is 108 Å². The highest BCUT2D eigenvalue weighted by atomic mass is 32.2. The zero-order valence-electron chi connectivity index (χ0n) is 28.2. The Kier molecular flexibility index (Phi) is 11.2. The fraction of sp³-hybridized carbons (Fsp3) is 0.706. The number of imidazole rings is 1. The minimum absolute atomic E-state index is 0.00616. The molecule has 1 amide bonds. The summed E-state index contributed by atoms with van der Waals surface area (Å²) in [5.74, 6) is -0.810. The van der Waals surface area contributed by atoms with Crippen LogP contribution in [0.5, 0.6) is 0 Å². The van der Waals surface area contributed by atoms with Gasteiger partial charge in [-0.1, -0.05) is 0 Å². The molecule has 13 heteroatoms. The van der Waals surface area contributed by atoms with Crippen molar-refractivity contribution in [3.05, 3.63) is 58.3 Å². The van der Waals surface area contributed by atoms with Crippen LogP contribution < -0.4 is 5.69 Å². The van der Waals surface area contributed by atoms with Crippen LogP contribution in [0.4, 0.5) is 13.6 Å². The van der Waals surface area contributed by atoms with Crippen LogP contribution in [0.15, 0.2) is 35.4 Å². The minimum atomic E-state index is -3.27. The largest absolute Gasteiger partial charge is 0.444 e. The summed E-state index contributed by atoms with van der Waals surface area (Å²) < 4.78 is 63.2. The number of benzene rings is 1. The molecule has 0 radical (unpaired) electrons. The number of rotatable bonds is 9. The van der Waals surface area contributed by atoms with Crippen LogP contribution in [0.2, 0.25) is 0 Å². The molecule has 0 spiro atoms. The molecule has 0 aliphatic carbocycles. The zero-order chi connectivity index (χ0) is 33.9. The third kappa shape index (κ3) is 9.44. The van der Waals surface area contributed by atoms with Gasteiger partial charge in [0.15, 0.2) is 0 Å². The first kappa shape index (κ1) is 35.5. The first-order valence-corrected chi connectivity index (χ1v) is 18.9. The molecule has 4 heterocycles. The first-order valence-electron chi connectivity index (χ1n) is 17.0. The van der Waals surface area contributed by atoms with E-state index in [1.807, 2.05) is 37.7 Å². The summed E-state index contributed by atoms with van der Waals surface area (Å²) >= 11 is 0. The molecule has 47 heavy (non-hydrogen) atoms. The number of ether oxygens (including phenoxy) is 1. The van der Waals surface area contributed by atoms with Crippen molar-refractivity contribution >= 4 is 16.1 Å². The summed E-state index contributed by atoms with van der Waals surface area (Å²) in [6.07, 6.45) is 10.1. The Labute approximate surface area is 277 Å². The monoisotopic (exact) mass is 679 g/mol. The number of hydrogen-bond acceptors (Lipinski definition) is 6. The Morgan fingerprint density at radius 3 is 2.11 bits per heavy atom. The van der Waals surface area contributed by atoms with E-state index in [0.717, 1.165) is 57.8 Å². The van der Waals surface area contributed by atoms with Crippen LogP contribution in [0, 0.1) is 23.5 Å². The van der Waals surface area contributed by atoms with Crippen molar-refractivity contribution in [3.63, 3.8) is 0 Å². The standard InChI is InChI=1S/C34H51F2N5O5S/c1-34(2,3)46-33(43)38-15-5-25(6-16-38)24-39-19-20-41(32(39)42)30-9-12-37(13-10-30)14-11-31(27-21-28(35)23-29(36)22-27)26-7-17-40(18-8-26)47(4,44)45/h19-23,25-26,30-31H,5-18,24H2,1-4H3/t31-/m1/s1. The third-order valence-corrected chi connectivity index (χ3v) is 11.5. The number of carbonyl (C=O) groups is 1. The minimum Gasteiger partial charge on any atom is -0.444 e. The molecule has 1 aromatic carbocycles. The maximum Gasteiger partial charge on any atom is 0.410 e. The number of amides is 1. The lowest BCUT2D eigenvalue weighted by atomic mass is 9.78. The maximum absolute atomic E-state index is 14.2. The Balaban J connectivity index is 1.13. The summed E-state index contributed by atoms with van der Waals surface area (Å²) in [6.45, 7) is 10.7. The normalized spacial score (nSPS) is 20.9. The van der Waals surface area contributed by atoms with Crippen molar-refractivity contribution in [3.8, 4) is 0 Å². The molecule has 262 valence electrons. The van der Waals surface area contributed by atoms with Crippen molar-refractivity contribution in [2.45, 2.75) is 89.8 Å². The van der Waals surface area contributed by atoms with Gasteiger partial charge in [-0.15, -0.1) is 0 Å². The Morgan fingerprint density at radius 1 is 0.915 bits per heavy atom. The number of sulfonamides is 1. The molecule has 1 atom stereocenters. The molecule has 10 nitrogen and oxygen atoms in total. The predicted octanol–water partition coefficient (Wildman–Crippen LogP) is 5.06. The van der Waals surface area contributed by atoms with Gasteiger partial charge in [-0.3, -0.25) is 9.13 Å². The molecule has 0 N–H and O–H groups in total. The maximum atomic E-state index is 14.2. The number of likely N-dealkylation sites (tertiary alicyclic amines) is 2. The van der Waals surface area contributed by atoms with Crippen molar-refractivity contribution in [1.82, 2.24) is 23.2 Å². The summed E-state index contributed by atoms with van der Waals surface area (Å²) in [6, 6.07) is 3.85. The van der Waals surface area contributed by atoms with Gasteiger partial charge in [0.1, 0.15) is 17.2 Å². The molecule has 0 bridgehead atoms. The van der Waals surface area contributed by atoms with E-state index in [-0.39, 0.29) is 29.7 Å². The number of aromatic nitrogens is 2.